The highest BCUT2D eigenvalue weighted by molar-refractivity contribution is 7.89. The molecule has 0 radical (unpaired) electrons. The van der Waals surface area contributed by atoms with Crippen molar-refractivity contribution in [3.8, 4) is 0 Å². The van der Waals surface area contributed by atoms with Crippen molar-refractivity contribution >= 4 is 15.9 Å². The predicted octanol–water partition coefficient (Wildman–Crippen LogP) is 3.43. The summed E-state index contributed by atoms with van der Waals surface area (Å²) >= 11 is 0. The van der Waals surface area contributed by atoms with E-state index in [1.165, 1.54) is 21.7 Å². The summed E-state index contributed by atoms with van der Waals surface area (Å²) in [4.78, 5) is 18.0. The second-order valence-corrected chi connectivity index (χ2v) is 10.1. The predicted molar refractivity (Wildman–Crippen MR) is 112 cm³/mol. The number of alkyl halides is 3. The van der Waals surface area contributed by atoms with Gasteiger partial charge in [0, 0.05) is 26.2 Å². The highest BCUT2D eigenvalue weighted by atomic mass is 32.2. The summed E-state index contributed by atoms with van der Waals surface area (Å²) in [5, 5.41) is 0. The quantitative estimate of drug-likeness (QED) is 0.694. The fourth-order valence-corrected chi connectivity index (χ4v) is 5.74. The Morgan fingerprint density at radius 2 is 1.62 bits per heavy atom. The van der Waals surface area contributed by atoms with Crippen molar-refractivity contribution in [2.45, 2.75) is 43.7 Å². The molecule has 2 aliphatic rings. The van der Waals surface area contributed by atoms with Crippen molar-refractivity contribution in [3.63, 3.8) is 0 Å². The van der Waals surface area contributed by atoms with Gasteiger partial charge in [0.25, 0.3) is 5.91 Å². The first-order chi connectivity index (χ1) is 15.1. The minimum atomic E-state index is -4.58. The van der Waals surface area contributed by atoms with Crippen LogP contribution in [0.1, 0.15) is 45.7 Å². The first kappa shape index (κ1) is 22.7. The molecule has 0 bridgehead atoms. The van der Waals surface area contributed by atoms with Crippen LogP contribution in [0.25, 0.3) is 0 Å². The number of sulfonamides is 1. The van der Waals surface area contributed by atoms with Gasteiger partial charge in [0.15, 0.2) is 0 Å². The summed E-state index contributed by atoms with van der Waals surface area (Å²) in [6.07, 6.45) is -0.572. The molecule has 1 aliphatic carbocycles. The molecule has 1 saturated heterocycles. The van der Waals surface area contributed by atoms with E-state index >= 15 is 0 Å². The molecule has 1 aromatic heterocycles. The molecule has 1 amide bonds. The van der Waals surface area contributed by atoms with Crippen molar-refractivity contribution in [3.05, 3.63) is 58.4 Å². The number of hydrogen-bond donors (Lipinski definition) is 0. The number of carbonyl (C=O) groups excluding carboxylic acids is 1. The number of benzene rings is 1. The number of aryl methyl sites for hydroxylation is 3. The average molecular weight is 468 g/mol. The normalized spacial score (nSPS) is 17.8. The summed E-state index contributed by atoms with van der Waals surface area (Å²) in [5.41, 5.74) is 1.31. The molecule has 0 N–H and O–H groups in total. The van der Waals surface area contributed by atoms with Crippen LogP contribution in [0.4, 0.5) is 13.2 Å². The topological polar surface area (TPSA) is 70.6 Å². The van der Waals surface area contributed by atoms with E-state index in [9.17, 15) is 26.4 Å². The van der Waals surface area contributed by atoms with Crippen molar-refractivity contribution in [2.75, 3.05) is 26.2 Å². The first-order valence-corrected chi connectivity index (χ1v) is 12.0. The van der Waals surface area contributed by atoms with Crippen molar-refractivity contribution in [1.29, 1.82) is 0 Å². The third kappa shape index (κ3) is 4.38. The number of hydrogen-bond acceptors (Lipinski definition) is 4. The van der Waals surface area contributed by atoms with Crippen LogP contribution in [0.5, 0.6) is 0 Å². The van der Waals surface area contributed by atoms with Gasteiger partial charge < -0.3 is 4.90 Å². The Balaban J connectivity index is 1.45. The zero-order chi connectivity index (χ0) is 23.1. The maximum absolute atomic E-state index is 13.1. The largest absolute Gasteiger partial charge is 0.433 e. The second kappa shape index (κ2) is 8.47. The lowest BCUT2D eigenvalue weighted by molar-refractivity contribution is -0.141. The molecule has 1 aromatic carbocycles. The zero-order valence-electron chi connectivity index (χ0n) is 17.7. The molecule has 172 valence electrons. The van der Waals surface area contributed by atoms with Crippen LogP contribution >= 0.6 is 0 Å². The van der Waals surface area contributed by atoms with Crippen LogP contribution in [-0.2, 0) is 29.0 Å². The van der Waals surface area contributed by atoms with Gasteiger partial charge in [0.05, 0.1) is 16.2 Å². The third-order valence-electron chi connectivity index (χ3n) is 6.09. The molecular formula is C22H24F3N3O3S. The van der Waals surface area contributed by atoms with Crippen molar-refractivity contribution in [1.82, 2.24) is 14.2 Å². The molecule has 32 heavy (non-hydrogen) atoms. The number of halogens is 3. The van der Waals surface area contributed by atoms with Gasteiger partial charge >= 0.3 is 6.18 Å². The van der Waals surface area contributed by atoms with E-state index in [2.05, 4.69) is 4.98 Å². The van der Waals surface area contributed by atoms with Gasteiger partial charge in [-0.2, -0.15) is 17.5 Å². The Morgan fingerprint density at radius 3 is 2.25 bits per heavy atom. The SMILES string of the molecule is Cc1nc(C(F)(F)F)ccc1C(=O)N1CCN(S(=O)(=O)c2ccc3c(c2)CCCC3)CC1. The Hall–Kier alpha value is -2.46. The fraction of sp³-hybridized carbons (Fsp3) is 0.455. The number of amides is 1. The lowest BCUT2D eigenvalue weighted by atomic mass is 9.92. The van der Waals surface area contributed by atoms with Crippen molar-refractivity contribution in [2.24, 2.45) is 0 Å². The number of nitrogens with zero attached hydrogens (tertiary/aromatic N) is 3. The third-order valence-corrected chi connectivity index (χ3v) is 7.98. The Kier molecular flexibility index (Phi) is 6.02. The minimum Gasteiger partial charge on any atom is -0.336 e. The van der Waals surface area contributed by atoms with Crippen LogP contribution in [0.2, 0.25) is 0 Å². The summed E-state index contributed by atoms with van der Waals surface area (Å²) in [6.45, 7) is 1.92. The van der Waals surface area contributed by atoms with E-state index in [4.69, 9.17) is 0 Å². The van der Waals surface area contributed by atoms with Crippen molar-refractivity contribution < 1.29 is 26.4 Å². The summed E-state index contributed by atoms with van der Waals surface area (Å²) in [6, 6.07) is 7.22. The Labute approximate surface area is 185 Å². The number of piperazine rings is 1. The maximum atomic E-state index is 13.1. The van der Waals surface area contributed by atoms with E-state index < -0.39 is 27.8 Å². The lowest BCUT2D eigenvalue weighted by Gasteiger charge is -2.34. The van der Waals surface area contributed by atoms with Crippen LogP contribution in [0.15, 0.2) is 35.2 Å². The minimum absolute atomic E-state index is 0.00562. The van der Waals surface area contributed by atoms with Gasteiger partial charge in [-0.3, -0.25) is 4.79 Å². The van der Waals surface area contributed by atoms with Crippen LogP contribution in [0.3, 0.4) is 0 Å². The maximum Gasteiger partial charge on any atom is 0.433 e. The molecular weight excluding hydrogens is 443 g/mol. The van der Waals surface area contributed by atoms with Crippen LogP contribution < -0.4 is 0 Å². The molecule has 0 saturated carbocycles. The molecule has 0 spiro atoms. The van der Waals surface area contributed by atoms with Gasteiger partial charge in [-0.05, 0) is 68.0 Å². The molecule has 6 nitrogen and oxygen atoms in total. The number of fused-ring (bicyclic) bond motifs is 1. The monoisotopic (exact) mass is 467 g/mol. The molecule has 2 aromatic rings. The smallest absolute Gasteiger partial charge is 0.336 e. The first-order valence-electron chi connectivity index (χ1n) is 10.5. The van der Waals surface area contributed by atoms with Gasteiger partial charge in [-0.1, -0.05) is 6.07 Å². The van der Waals surface area contributed by atoms with Gasteiger partial charge in [0.1, 0.15) is 5.69 Å². The highest BCUT2D eigenvalue weighted by Gasteiger charge is 2.34. The molecule has 2 heterocycles. The highest BCUT2D eigenvalue weighted by Crippen LogP contribution is 2.29. The van der Waals surface area contributed by atoms with E-state index in [0.29, 0.717) is 0 Å². The van der Waals surface area contributed by atoms with E-state index in [-0.39, 0.29) is 42.3 Å². The average Bonchev–Trinajstić information content (AvgIpc) is 2.77. The molecule has 1 fully saturated rings. The Bertz CT molecular complexity index is 1140. The second-order valence-electron chi connectivity index (χ2n) is 8.16. The number of carbonyl (C=O) groups is 1. The summed E-state index contributed by atoms with van der Waals surface area (Å²) in [7, 11) is -3.68. The molecule has 4 rings (SSSR count). The van der Waals surface area contributed by atoms with Gasteiger partial charge in [-0.15, -0.1) is 0 Å². The lowest BCUT2D eigenvalue weighted by Crippen LogP contribution is -2.50. The molecule has 1 aliphatic heterocycles. The molecule has 10 heteroatoms. The zero-order valence-corrected chi connectivity index (χ0v) is 18.5. The number of pyridine rings is 1. The standard InChI is InChI=1S/C22H24F3N3O3S/c1-15-19(8-9-20(26-15)22(23,24)25)21(29)27-10-12-28(13-11-27)32(30,31)18-7-6-16-4-2-3-5-17(16)14-18/h6-9,14H,2-5,10-13H2,1H3. The van der Waals surface area contributed by atoms with E-state index in [0.717, 1.165) is 43.4 Å². The van der Waals surface area contributed by atoms with Crippen LogP contribution in [0, 0.1) is 6.92 Å². The molecule has 0 atom stereocenters. The van der Waals surface area contributed by atoms with Crippen LogP contribution in [-0.4, -0.2) is 54.7 Å². The molecule has 0 unspecified atom stereocenters. The van der Waals surface area contributed by atoms with Gasteiger partial charge in [0.2, 0.25) is 10.0 Å². The van der Waals surface area contributed by atoms with Gasteiger partial charge in [-0.25, -0.2) is 13.4 Å². The van der Waals surface area contributed by atoms with E-state index in [1.54, 1.807) is 12.1 Å². The fourth-order valence-electron chi connectivity index (χ4n) is 4.27. The Morgan fingerprint density at radius 1 is 0.969 bits per heavy atom. The number of aromatic nitrogens is 1. The summed E-state index contributed by atoms with van der Waals surface area (Å²) in [5.74, 6) is -0.449. The number of rotatable bonds is 3. The van der Waals surface area contributed by atoms with E-state index in [1.807, 2.05) is 6.07 Å². The summed E-state index contributed by atoms with van der Waals surface area (Å²) < 4.78 is 66.1.